The van der Waals surface area contributed by atoms with E-state index in [1.54, 1.807) is 62.9 Å². The number of benzene rings is 3. The summed E-state index contributed by atoms with van der Waals surface area (Å²) in [4.78, 5) is 21.4. The zero-order valence-corrected chi connectivity index (χ0v) is 28.4. The Balaban J connectivity index is 0.00000361. The van der Waals surface area contributed by atoms with Crippen molar-refractivity contribution in [2.75, 3.05) is 26.6 Å². The number of anilines is 1. The van der Waals surface area contributed by atoms with Crippen LogP contribution in [0.2, 0.25) is 0 Å². The van der Waals surface area contributed by atoms with E-state index >= 15 is 4.39 Å². The van der Waals surface area contributed by atoms with Crippen LogP contribution in [0.15, 0.2) is 94.1 Å². The highest BCUT2D eigenvalue weighted by molar-refractivity contribution is 6.11. The van der Waals surface area contributed by atoms with Crippen LogP contribution in [0.5, 0.6) is 11.5 Å². The molecule has 8 heteroatoms. The molecule has 3 aromatic rings. The Morgan fingerprint density at radius 2 is 1.57 bits per heavy atom. The zero-order valence-electron chi connectivity index (χ0n) is 28.4. The molecule has 0 aliphatic carbocycles. The lowest BCUT2D eigenvalue weighted by Crippen LogP contribution is -2.16. The number of carbonyl (C=O) groups is 1. The fourth-order valence-corrected chi connectivity index (χ4v) is 4.27. The molecule has 0 saturated carbocycles. The van der Waals surface area contributed by atoms with E-state index < -0.39 is 11.8 Å². The van der Waals surface area contributed by atoms with Crippen LogP contribution in [0.3, 0.4) is 0 Å². The molecular formula is C38H46FN3O4. The summed E-state index contributed by atoms with van der Waals surface area (Å²) in [6.07, 6.45) is 6.89. The molecule has 0 aliphatic rings. The van der Waals surface area contributed by atoms with Gasteiger partial charge in [0.05, 0.1) is 32.6 Å². The quantitative estimate of drug-likeness (QED) is 0.0935. The summed E-state index contributed by atoms with van der Waals surface area (Å²) in [5.74, 6) is 0.860. The molecule has 0 aliphatic heterocycles. The van der Waals surface area contributed by atoms with Gasteiger partial charge in [0.1, 0.15) is 11.5 Å². The monoisotopic (exact) mass is 627 g/mol. The molecular weight excluding hydrogens is 581 g/mol. The lowest BCUT2D eigenvalue weighted by Gasteiger charge is -2.16. The van der Waals surface area contributed by atoms with Crippen molar-refractivity contribution in [3.63, 3.8) is 0 Å². The number of allylic oxidation sites excluding steroid dienone is 2. The molecule has 0 heterocycles. The largest absolute Gasteiger partial charge is 0.493 e. The second-order valence-corrected chi connectivity index (χ2v) is 9.96. The maximum absolute atomic E-state index is 15.5. The molecule has 0 amide bonds. The van der Waals surface area contributed by atoms with Crippen molar-refractivity contribution in [3.05, 3.63) is 106 Å². The van der Waals surface area contributed by atoms with Crippen LogP contribution in [-0.4, -0.2) is 39.3 Å². The molecule has 0 aromatic heterocycles. The van der Waals surface area contributed by atoms with Gasteiger partial charge < -0.3 is 19.5 Å². The molecule has 0 bridgehead atoms. The molecule has 0 radical (unpaired) electrons. The van der Waals surface area contributed by atoms with Gasteiger partial charge in [-0.3, -0.25) is 4.99 Å². The summed E-state index contributed by atoms with van der Waals surface area (Å²) in [6.45, 7) is 11.9. The molecule has 0 unspecified atom stereocenters. The van der Waals surface area contributed by atoms with Crippen molar-refractivity contribution >= 4 is 41.3 Å². The van der Waals surface area contributed by atoms with Gasteiger partial charge in [0.25, 0.3) is 0 Å². The summed E-state index contributed by atoms with van der Waals surface area (Å²) < 4.78 is 31.1. The van der Waals surface area contributed by atoms with E-state index in [-0.39, 0.29) is 0 Å². The second-order valence-electron chi connectivity index (χ2n) is 9.96. The van der Waals surface area contributed by atoms with Crippen LogP contribution in [0, 0.1) is 0 Å². The third-order valence-electron chi connectivity index (χ3n) is 6.52. The maximum atomic E-state index is 15.5. The number of amidine groups is 1. The number of hydrogen-bond donors (Lipinski definition) is 1. The number of methoxy groups -OCH3 is 3. The SMILES string of the molecule is CC.CC=NC(C(=N/C(=C\CCC)c1cccc(/C(F)=C/c2ccc(C(=O)OC)cc2)c1)Nc1ccc(OC)c(OC)c1)=C(C)C. The summed E-state index contributed by atoms with van der Waals surface area (Å²) in [5.41, 5.74) is 5.23. The van der Waals surface area contributed by atoms with Gasteiger partial charge >= 0.3 is 5.97 Å². The predicted molar refractivity (Wildman–Crippen MR) is 191 cm³/mol. The number of unbranched alkanes of at least 4 members (excludes halogenated alkanes) is 1. The molecule has 3 aromatic carbocycles. The maximum Gasteiger partial charge on any atom is 0.337 e. The molecule has 1 N–H and O–H groups in total. The van der Waals surface area contributed by atoms with Gasteiger partial charge in [-0.05, 0) is 74.7 Å². The standard InChI is InChI=1S/C36H40FN3O4.C2H6/c1-8-10-14-31(28-13-11-12-27(22-28)30(37)21-25-15-17-26(18-16-25)36(41)44-7)40-35(34(24(3)4)38-9-2)39-29-19-20-32(42-5)33(23-29)43-6;1-2/h9,11-23H,8,10H2,1-7H3,(H,39,40);1-2H3/b30-21-,31-14-,38-9?;. The third kappa shape index (κ3) is 10.6. The molecule has 0 fully saturated rings. The minimum absolute atomic E-state index is 0.399. The van der Waals surface area contributed by atoms with Crippen molar-refractivity contribution in [2.45, 2.75) is 54.4 Å². The first-order chi connectivity index (χ1) is 22.2. The predicted octanol–water partition coefficient (Wildman–Crippen LogP) is 10.0. The Bertz CT molecular complexity index is 1600. The Labute approximate surface area is 273 Å². The van der Waals surface area contributed by atoms with Gasteiger partial charge in [0.2, 0.25) is 0 Å². The van der Waals surface area contributed by atoms with E-state index in [4.69, 9.17) is 19.2 Å². The number of aliphatic imine (C=N–C) groups is 2. The minimum atomic E-state index is -0.443. The fourth-order valence-electron chi connectivity index (χ4n) is 4.27. The third-order valence-corrected chi connectivity index (χ3v) is 6.52. The van der Waals surface area contributed by atoms with Crippen molar-refractivity contribution in [2.24, 2.45) is 9.98 Å². The number of nitrogens with zero attached hydrogens (tertiary/aromatic N) is 2. The van der Waals surface area contributed by atoms with Crippen molar-refractivity contribution in [3.8, 4) is 11.5 Å². The van der Waals surface area contributed by atoms with E-state index in [0.29, 0.717) is 45.4 Å². The van der Waals surface area contributed by atoms with Crippen molar-refractivity contribution < 1.29 is 23.4 Å². The smallest absolute Gasteiger partial charge is 0.337 e. The number of nitrogens with one attached hydrogen (secondary N) is 1. The number of rotatable bonds is 12. The van der Waals surface area contributed by atoms with Gasteiger partial charge in [0.15, 0.2) is 17.3 Å². The fraction of sp³-hybridized carbons (Fsp3) is 0.289. The highest BCUT2D eigenvalue weighted by atomic mass is 19.1. The summed E-state index contributed by atoms with van der Waals surface area (Å²) in [7, 11) is 4.50. The van der Waals surface area contributed by atoms with Gasteiger partial charge in [0, 0.05) is 29.1 Å². The average molecular weight is 628 g/mol. The number of hydrogen-bond acceptors (Lipinski definition) is 6. The van der Waals surface area contributed by atoms with E-state index in [0.717, 1.165) is 29.7 Å². The van der Waals surface area contributed by atoms with Crippen molar-refractivity contribution in [1.29, 1.82) is 0 Å². The Morgan fingerprint density at radius 1 is 0.891 bits per heavy atom. The molecule has 0 saturated heterocycles. The van der Waals surface area contributed by atoms with Crippen LogP contribution in [0.4, 0.5) is 10.1 Å². The first-order valence-corrected chi connectivity index (χ1v) is 15.3. The minimum Gasteiger partial charge on any atom is -0.493 e. The van der Waals surface area contributed by atoms with Gasteiger partial charge in [-0.25, -0.2) is 14.2 Å². The lowest BCUT2D eigenvalue weighted by molar-refractivity contribution is 0.0600. The molecule has 46 heavy (non-hydrogen) atoms. The van der Waals surface area contributed by atoms with E-state index in [9.17, 15) is 4.79 Å². The Kier molecular flexibility index (Phi) is 15.7. The normalized spacial score (nSPS) is 11.8. The average Bonchev–Trinajstić information content (AvgIpc) is 3.09. The first kappa shape index (κ1) is 37.2. The van der Waals surface area contributed by atoms with E-state index in [1.807, 2.05) is 65.0 Å². The highest BCUT2D eigenvalue weighted by Gasteiger charge is 2.14. The van der Waals surface area contributed by atoms with Crippen LogP contribution < -0.4 is 14.8 Å². The highest BCUT2D eigenvalue weighted by Crippen LogP contribution is 2.31. The van der Waals surface area contributed by atoms with Crippen LogP contribution in [-0.2, 0) is 4.74 Å². The van der Waals surface area contributed by atoms with Gasteiger partial charge in [-0.15, -0.1) is 0 Å². The molecule has 0 atom stereocenters. The molecule has 3 rings (SSSR count). The molecule has 0 spiro atoms. The summed E-state index contributed by atoms with van der Waals surface area (Å²) in [6, 6.07) is 19.3. The summed E-state index contributed by atoms with van der Waals surface area (Å²) >= 11 is 0. The summed E-state index contributed by atoms with van der Waals surface area (Å²) in [5, 5.41) is 3.42. The number of halogens is 1. The first-order valence-electron chi connectivity index (χ1n) is 15.3. The van der Waals surface area contributed by atoms with Crippen LogP contribution in [0.1, 0.15) is 81.4 Å². The number of ether oxygens (including phenoxy) is 3. The topological polar surface area (TPSA) is 81.5 Å². The lowest BCUT2D eigenvalue weighted by atomic mass is 10.0. The van der Waals surface area contributed by atoms with Gasteiger partial charge in [-0.2, -0.15) is 0 Å². The van der Waals surface area contributed by atoms with Gasteiger partial charge in [-0.1, -0.05) is 63.6 Å². The van der Waals surface area contributed by atoms with Crippen LogP contribution >= 0.6 is 0 Å². The Morgan fingerprint density at radius 3 is 2.15 bits per heavy atom. The number of carbonyl (C=O) groups excluding carboxylic acids is 1. The number of esters is 1. The van der Waals surface area contributed by atoms with Crippen molar-refractivity contribution in [1.82, 2.24) is 0 Å². The molecule has 244 valence electrons. The zero-order chi connectivity index (χ0) is 34.1. The van der Waals surface area contributed by atoms with Crippen LogP contribution in [0.25, 0.3) is 17.6 Å². The second kappa shape index (κ2) is 19.4. The van der Waals surface area contributed by atoms with E-state index in [2.05, 4.69) is 17.2 Å². The van der Waals surface area contributed by atoms with E-state index in [1.165, 1.54) is 13.2 Å². The Hall–Kier alpha value is -4.98. The molecule has 7 nitrogen and oxygen atoms in total.